The average Bonchev–Trinajstić information content (AvgIpc) is 2.91. The summed E-state index contributed by atoms with van der Waals surface area (Å²) in [5.74, 6) is -0.00706. The molecule has 0 aromatic heterocycles. The summed E-state index contributed by atoms with van der Waals surface area (Å²) < 4.78 is 51.7. The zero-order valence-electron chi connectivity index (χ0n) is 22.8. The molecule has 0 aliphatic heterocycles. The molecule has 0 saturated carbocycles. The molecule has 0 fully saturated rings. The number of urea groups is 1. The molecule has 0 bridgehead atoms. The van der Waals surface area contributed by atoms with E-state index in [-0.39, 0.29) is 37.7 Å². The lowest BCUT2D eigenvalue weighted by atomic mass is 9.94. The molecule has 0 aliphatic carbocycles. The number of hydrogen-bond donors (Lipinski definition) is 1. The number of halogens is 4. The number of nitrogens with zero attached hydrogens (tertiary/aromatic N) is 1. The van der Waals surface area contributed by atoms with Crippen molar-refractivity contribution >= 4 is 23.6 Å². The molecule has 3 aromatic rings. The van der Waals surface area contributed by atoms with Gasteiger partial charge in [-0.2, -0.15) is 13.2 Å². The van der Waals surface area contributed by atoms with Crippen LogP contribution < -0.4 is 10.1 Å². The Labute approximate surface area is 237 Å². The highest BCUT2D eigenvalue weighted by Gasteiger charge is 2.32. The van der Waals surface area contributed by atoms with E-state index in [1.807, 2.05) is 6.92 Å². The van der Waals surface area contributed by atoms with Crippen LogP contribution in [0.2, 0.25) is 5.02 Å². The fraction of sp³-hybridized carbons (Fsp3) is 0.333. The summed E-state index contributed by atoms with van der Waals surface area (Å²) in [6.45, 7) is 5.65. The summed E-state index contributed by atoms with van der Waals surface area (Å²) in [6.07, 6.45) is -4.58. The minimum Gasteiger partial charge on any atom is -0.496 e. The number of hydrogen-bond acceptors (Lipinski definition) is 4. The molecule has 1 atom stereocenters. The van der Waals surface area contributed by atoms with Gasteiger partial charge in [0.1, 0.15) is 5.75 Å². The summed E-state index contributed by atoms with van der Waals surface area (Å²) >= 11 is 5.96. The summed E-state index contributed by atoms with van der Waals surface area (Å²) in [7, 11) is 1.46. The first kappa shape index (κ1) is 30.8. The van der Waals surface area contributed by atoms with Crippen molar-refractivity contribution < 1.29 is 32.2 Å². The first-order chi connectivity index (χ1) is 19.0. The van der Waals surface area contributed by atoms with Gasteiger partial charge in [-0.05, 0) is 79.4 Å². The van der Waals surface area contributed by atoms with E-state index in [0.717, 1.165) is 17.7 Å². The zero-order chi connectivity index (χ0) is 29.4. The quantitative estimate of drug-likeness (QED) is 0.255. The number of carbonyl (C=O) groups excluding carboxylic acids is 2. The lowest BCUT2D eigenvalue weighted by Crippen LogP contribution is -2.40. The standard InChI is InChI=1S/C30H32ClF3N2O4/c1-5-36(29(38)35-19(3)21-8-11-24(31)12-9-21)18-22-17-23(30(32,33)34)10-13-25(22)26-15-20(7-14-27(26)39-4)16-28(37)40-6-2/h7-15,17,19H,5-6,16,18H2,1-4H3,(H,35,38)/t19-/m0/s1. The van der Waals surface area contributed by atoms with Crippen molar-refractivity contribution in [3.63, 3.8) is 0 Å². The van der Waals surface area contributed by atoms with Gasteiger partial charge in [0, 0.05) is 23.7 Å². The highest BCUT2D eigenvalue weighted by Crippen LogP contribution is 2.38. The molecule has 0 spiro atoms. The predicted molar refractivity (Wildman–Crippen MR) is 148 cm³/mol. The van der Waals surface area contributed by atoms with Crippen LogP contribution in [-0.2, 0) is 28.7 Å². The number of alkyl halides is 3. The van der Waals surface area contributed by atoms with E-state index in [0.29, 0.717) is 27.5 Å². The molecule has 214 valence electrons. The Balaban J connectivity index is 1.99. The smallest absolute Gasteiger partial charge is 0.416 e. The third-order valence-corrected chi connectivity index (χ3v) is 6.63. The summed E-state index contributed by atoms with van der Waals surface area (Å²) in [5, 5.41) is 3.47. The minimum atomic E-state index is -4.58. The largest absolute Gasteiger partial charge is 0.496 e. The highest BCUT2D eigenvalue weighted by molar-refractivity contribution is 6.30. The van der Waals surface area contributed by atoms with E-state index < -0.39 is 23.7 Å². The molecule has 3 rings (SSSR count). The number of nitrogens with one attached hydrogen (secondary N) is 1. The van der Waals surface area contributed by atoms with Crippen LogP contribution in [0.1, 0.15) is 49.1 Å². The van der Waals surface area contributed by atoms with E-state index in [4.69, 9.17) is 21.1 Å². The number of methoxy groups -OCH3 is 1. The van der Waals surface area contributed by atoms with E-state index in [1.165, 1.54) is 18.1 Å². The van der Waals surface area contributed by atoms with E-state index in [2.05, 4.69) is 5.32 Å². The third-order valence-electron chi connectivity index (χ3n) is 6.38. The molecular weight excluding hydrogens is 545 g/mol. The van der Waals surface area contributed by atoms with Crippen LogP contribution in [-0.4, -0.2) is 37.2 Å². The molecular formula is C30H32ClF3N2O4. The van der Waals surface area contributed by atoms with Crippen molar-refractivity contribution in [1.82, 2.24) is 10.2 Å². The number of rotatable bonds is 10. The van der Waals surface area contributed by atoms with Crippen LogP contribution in [0.25, 0.3) is 11.1 Å². The number of amides is 2. The van der Waals surface area contributed by atoms with Gasteiger partial charge in [0.05, 0.1) is 31.7 Å². The number of benzene rings is 3. The van der Waals surface area contributed by atoms with Gasteiger partial charge >= 0.3 is 18.2 Å². The van der Waals surface area contributed by atoms with Crippen molar-refractivity contribution in [2.75, 3.05) is 20.3 Å². The fourth-order valence-electron chi connectivity index (χ4n) is 4.26. The van der Waals surface area contributed by atoms with Gasteiger partial charge in [-0.1, -0.05) is 35.9 Å². The molecule has 10 heteroatoms. The van der Waals surface area contributed by atoms with Crippen LogP contribution in [0.3, 0.4) is 0 Å². The Bertz CT molecular complexity index is 1330. The first-order valence-electron chi connectivity index (χ1n) is 12.8. The number of esters is 1. The van der Waals surface area contributed by atoms with Gasteiger partial charge in [-0.15, -0.1) is 0 Å². The van der Waals surface area contributed by atoms with Crippen LogP contribution in [0, 0.1) is 0 Å². The lowest BCUT2D eigenvalue weighted by molar-refractivity contribution is -0.142. The topological polar surface area (TPSA) is 67.9 Å². The van der Waals surface area contributed by atoms with Gasteiger partial charge in [0.2, 0.25) is 0 Å². The van der Waals surface area contributed by atoms with Gasteiger partial charge < -0.3 is 19.7 Å². The Morgan fingerprint density at radius 1 is 1.00 bits per heavy atom. The lowest BCUT2D eigenvalue weighted by Gasteiger charge is -2.26. The molecule has 3 aromatic carbocycles. The van der Waals surface area contributed by atoms with Gasteiger partial charge in [-0.3, -0.25) is 4.79 Å². The van der Waals surface area contributed by atoms with Gasteiger partial charge in [0.25, 0.3) is 0 Å². The van der Waals surface area contributed by atoms with Crippen molar-refractivity contribution in [1.29, 1.82) is 0 Å². The normalized spacial score (nSPS) is 12.0. The second-order valence-electron chi connectivity index (χ2n) is 9.12. The van der Waals surface area contributed by atoms with Crippen LogP contribution in [0.15, 0.2) is 60.7 Å². The first-order valence-corrected chi connectivity index (χ1v) is 13.2. The molecule has 2 amide bonds. The highest BCUT2D eigenvalue weighted by atomic mass is 35.5. The Morgan fingerprint density at radius 3 is 2.30 bits per heavy atom. The van der Waals surface area contributed by atoms with E-state index >= 15 is 0 Å². The van der Waals surface area contributed by atoms with Crippen molar-refractivity contribution in [3.05, 3.63) is 87.9 Å². The zero-order valence-corrected chi connectivity index (χ0v) is 23.5. The van der Waals surface area contributed by atoms with E-state index in [9.17, 15) is 22.8 Å². The van der Waals surface area contributed by atoms with Crippen LogP contribution in [0.4, 0.5) is 18.0 Å². The molecule has 1 N–H and O–H groups in total. The Kier molecular flexibility index (Phi) is 10.5. The summed E-state index contributed by atoms with van der Waals surface area (Å²) in [6, 6.07) is 14.7. The SMILES string of the molecule is CCOC(=O)Cc1ccc(OC)c(-c2ccc(C(F)(F)F)cc2CN(CC)C(=O)N[C@@H](C)c2ccc(Cl)cc2)c1. The van der Waals surface area contributed by atoms with Crippen LogP contribution in [0.5, 0.6) is 5.75 Å². The molecule has 0 aliphatic rings. The minimum absolute atomic E-state index is 0.00706. The summed E-state index contributed by atoms with van der Waals surface area (Å²) in [5.41, 5.74) is 1.83. The Hall–Kier alpha value is -3.72. The number of carbonyl (C=O) groups is 2. The van der Waals surface area contributed by atoms with Gasteiger partial charge in [0.15, 0.2) is 0 Å². The fourth-order valence-corrected chi connectivity index (χ4v) is 4.39. The average molecular weight is 577 g/mol. The monoisotopic (exact) mass is 576 g/mol. The Morgan fingerprint density at radius 2 is 1.70 bits per heavy atom. The second kappa shape index (κ2) is 13.6. The number of ether oxygens (including phenoxy) is 2. The molecule has 0 saturated heterocycles. The van der Waals surface area contributed by atoms with Crippen LogP contribution >= 0.6 is 11.6 Å². The maximum absolute atomic E-state index is 13.7. The van der Waals surface area contributed by atoms with Crippen molar-refractivity contribution in [2.24, 2.45) is 0 Å². The van der Waals surface area contributed by atoms with Crippen molar-refractivity contribution in [2.45, 2.75) is 46.0 Å². The summed E-state index contributed by atoms with van der Waals surface area (Å²) in [4.78, 5) is 26.7. The molecule has 0 unspecified atom stereocenters. The molecule has 0 heterocycles. The third kappa shape index (κ3) is 7.91. The van der Waals surface area contributed by atoms with Gasteiger partial charge in [-0.25, -0.2) is 4.79 Å². The van der Waals surface area contributed by atoms with Crippen molar-refractivity contribution in [3.8, 4) is 16.9 Å². The second-order valence-corrected chi connectivity index (χ2v) is 9.56. The van der Waals surface area contributed by atoms with E-state index in [1.54, 1.807) is 56.3 Å². The molecule has 0 radical (unpaired) electrons. The maximum Gasteiger partial charge on any atom is 0.416 e. The predicted octanol–water partition coefficient (Wildman–Crippen LogP) is 7.43. The maximum atomic E-state index is 13.7. The molecule has 40 heavy (non-hydrogen) atoms. The molecule has 6 nitrogen and oxygen atoms in total.